The van der Waals surface area contributed by atoms with Crippen molar-refractivity contribution in [3.8, 4) is 48.0 Å². The Morgan fingerprint density at radius 1 is 0.756 bits per heavy atom. The van der Waals surface area contributed by atoms with E-state index in [0.717, 1.165) is 32.1 Å². The molecule has 1 aliphatic rings. The fraction of sp³-hybridized carbons (Fsp3) is 0.297. The van der Waals surface area contributed by atoms with E-state index in [9.17, 15) is 21.0 Å². The second-order valence-corrected chi connectivity index (χ2v) is 9.82. The van der Waals surface area contributed by atoms with Gasteiger partial charge >= 0.3 is 0 Å². The van der Waals surface area contributed by atoms with Crippen LogP contribution in [-0.2, 0) is 0 Å². The molecule has 8 nitrogen and oxygen atoms in total. The predicted molar refractivity (Wildman–Crippen MR) is 170 cm³/mol. The molecule has 0 heterocycles. The molecule has 0 atom stereocenters. The molecule has 8 heteroatoms. The molecule has 1 aliphatic carbocycles. The SMILES string of the molecule is [C-]#[N+]/C(C#N)=C(C)\C(=C(/C#N)[N+]#[C-])c1cc(C#CC)c(C(=C(\C#N)[N+]#[C-])/C(CCCC)=C(\C#N)[N+]#[C-])cc1C#CC1CCCC1. The monoisotopic (exact) mass is 582 g/mol. The van der Waals surface area contributed by atoms with E-state index < -0.39 is 0 Å². The first-order valence-electron chi connectivity index (χ1n) is 14.0. The lowest BCUT2D eigenvalue weighted by atomic mass is 9.83. The number of nitriles is 4. The van der Waals surface area contributed by atoms with Crippen LogP contribution >= 0.6 is 0 Å². The highest BCUT2D eigenvalue weighted by Crippen LogP contribution is 2.40. The average Bonchev–Trinajstić information content (AvgIpc) is 3.58. The van der Waals surface area contributed by atoms with E-state index in [4.69, 9.17) is 26.3 Å². The summed E-state index contributed by atoms with van der Waals surface area (Å²) < 4.78 is 0. The molecule has 1 aromatic rings. The first-order valence-corrected chi connectivity index (χ1v) is 14.0. The maximum Gasteiger partial charge on any atom is 0.268 e. The van der Waals surface area contributed by atoms with E-state index >= 15 is 0 Å². The number of unbranched alkanes of at least 4 members (excludes halogenated alkanes) is 1. The lowest BCUT2D eigenvalue weighted by Gasteiger charge is -2.20. The van der Waals surface area contributed by atoms with Crippen LogP contribution in [0.15, 0.2) is 46.1 Å². The van der Waals surface area contributed by atoms with Gasteiger partial charge in [-0.15, -0.1) is 5.92 Å². The smallest absolute Gasteiger partial charge is 0.226 e. The molecule has 1 saturated carbocycles. The molecule has 0 N–H and O–H groups in total. The van der Waals surface area contributed by atoms with Gasteiger partial charge in [0.2, 0.25) is 0 Å². The van der Waals surface area contributed by atoms with E-state index in [-0.39, 0.29) is 68.5 Å². The summed E-state index contributed by atoms with van der Waals surface area (Å²) in [5.41, 5.74) is 0.477. The van der Waals surface area contributed by atoms with Gasteiger partial charge < -0.3 is 0 Å². The minimum Gasteiger partial charge on any atom is -0.226 e. The Kier molecular flexibility index (Phi) is 13.2. The Balaban J connectivity index is 3.37. The Morgan fingerprint density at radius 2 is 1.24 bits per heavy atom. The summed E-state index contributed by atoms with van der Waals surface area (Å²) in [6.45, 7) is 35.7. The summed E-state index contributed by atoms with van der Waals surface area (Å²) in [6, 6.07) is 10.7. The van der Waals surface area contributed by atoms with Crippen molar-refractivity contribution in [1.82, 2.24) is 0 Å². The standard InChI is InChI=1S/C37H26N8/c1-8-10-16-29(33(22-39)43-5)37(35(24-41)45-7)31-20-28(18-17-26-14-11-12-15-26)30(19-27(31)13-9-2)36(34(23-40)44-6)25(3)32(21-38)42-4/h19-20,26H,8,10-12,14-16H2,1-3H3/b32-25-,33-29+,36-34-,37-35+. The molecule has 0 amide bonds. The predicted octanol–water partition coefficient (Wildman–Crippen LogP) is 8.51. The van der Waals surface area contributed by atoms with Gasteiger partial charge in [0.15, 0.2) is 0 Å². The number of nitrogens with zero attached hydrogens (tertiary/aromatic N) is 8. The van der Waals surface area contributed by atoms with Gasteiger partial charge in [-0.05, 0) is 78.7 Å². The summed E-state index contributed by atoms with van der Waals surface area (Å²) >= 11 is 0. The summed E-state index contributed by atoms with van der Waals surface area (Å²) in [6.07, 6.45) is 5.43. The van der Waals surface area contributed by atoms with Crippen LogP contribution in [0.5, 0.6) is 0 Å². The van der Waals surface area contributed by atoms with Crippen molar-refractivity contribution in [3.05, 3.63) is 114 Å². The highest BCUT2D eigenvalue weighted by Gasteiger charge is 2.25. The highest BCUT2D eigenvalue weighted by molar-refractivity contribution is 5.93. The third-order valence-electron chi connectivity index (χ3n) is 7.16. The maximum atomic E-state index is 10.1. The van der Waals surface area contributed by atoms with E-state index in [1.165, 1.54) is 6.92 Å². The van der Waals surface area contributed by atoms with Crippen LogP contribution in [0.3, 0.4) is 0 Å². The number of hydrogen-bond donors (Lipinski definition) is 0. The summed E-state index contributed by atoms with van der Waals surface area (Å²) in [7, 11) is 0. The van der Waals surface area contributed by atoms with Gasteiger partial charge in [-0.3, -0.25) is 0 Å². The molecule has 0 aromatic heterocycles. The van der Waals surface area contributed by atoms with Crippen LogP contribution in [0.4, 0.5) is 0 Å². The first-order chi connectivity index (χ1) is 21.8. The molecular formula is C37H26N8. The Morgan fingerprint density at radius 3 is 1.71 bits per heavy atom. The Labute approximate surface area is 265 Å². The zero-order valence-corrected chi connectivity index (χ0v) is 25.3. The molecule has 214 valence electrons. The van der Waals surface area contributed by atoms with Crippen molar-refractivity contribution in [3.63, 3.8) is 0 Å². The summed E-state index contributed by atoms with van der Waals surface area (Å²) in [5, 5.41) is 39.5. The number of hydrogen-bond acceptors (Lipinski definition) is 4. The van der Waals surface area contributed by atoms with Crippen molar-refractivity contribution in [2.24, 2.45) is 5.92 Å². The topological polar surface area (TPSA) is 113 Å². The van der Waals surface area contributed by atoms with Gasteiger partial charge in [0.1, 0.15) is 0 Å². The van der Waals surface area contributed by atoms with Crippen molar-refractivity contribution in [2.75, 3.05) is 0 Å². The molecule has 0 unspecified atom stereocenters. The first kappa shape index (κ1) is 34.4. The molecule has 0 aliphatic heterocycles. The molecule has 0 bridgehead atoms. The van der Waals surface area contributed by atoms with Gasteiger partial charge in [0.05, 0.1) is 50.6 Å². The summed E-state index contributed by atoms with van der Waals surface area (Å²) in [5.74, 6) is 12.4. The van der Waals surface area contributed by atoms with Crippen LogP contribution in [-0.4, -0.2) is 0 Å². The Hall–Kier alpha value is -6.78. The molecule has 45 heavy (non-hydrogen) atoms. The molecule has 1 fully saturated rings. The van der Waals surface area contributed by atoms with Crippen LogP contribution in [0, 0.1) is 101 Å². The van der Waals surface area contributed by atoms with E-state index in [1.54, 1.807) is 19.1 Å². The second kappa shape index (κ2) is 17.2. The minimum atomic E-state index is -0.353. The van der Waals surface area contributed by atoms with Gasteiger partial charge in [-0.2, -0.15) is 0 Å². The maximum absolute atomic E-state index is 10.1. The van der Waals surface area contributed by atoms with Crippen LogP contribution in [0.2, 0.25) is 0 Å². The minimum absolute atomic E-state index is 0.0540. The Bertz CT molecular complexity index is 1930. The lowest BCUT2D eigenvalue weighted by molar-refractivity contribution is 0.712. The quantitative estimate of drug-likeness (QED) is 0.139. The van der Waals surface area contributed by atoms with Crippen molar-refractivity contribution < 1.29 is 0 Å². The molecule has 0 spiro atoms. The molecule has 0 radical (unpaired) electrons. The fourth-order valence-electron chi connectivity index (χ4n) is 5.01. The normalized spacial score (nSPS) is 13.9. The number of rotatable bonds is 7. The van der Waals surface area contributed by atoms with Crippen LogP contribution < -0.4 is 0 Å². The zero-order valence-electron chi connectivity index (χ0n) is 25.3. The van der Waals surface area contributed by atoms with Crippen molar-refractivity contribution in [1.29, 1.82) is 21.0 Å². The lowest BCUT2D eigenvalue weighted by Crippen LogP contribution is -2.04. The average molecular weight is 583 g/mol. The van der Waals surface area contributed by atoms with Gasteiger partial charge in [-0.25, -0.2) is 40.4 Å². The summed E-state index contributed by atoms with van der Waals surface area (Å²) in [4.78, 5) is 13.6. The van der Waals surface area contributed by atoms with Gasteiger partial charge in [0, 0.05) is 17.0 Å². The number of allylic oxidation sites excluding steroid dienone is 8. The zero-order chi connectivity index (χ0) is 33.4. The van der Waals surface area contributed by atoms with Crippen molar-refractivity contribution >= 4 is 11.1 Å². The third kappa shape index (κ3) is 7.95. The largest absolute Gasteiger partial charge is 0.268 e. The molecule has 1 aromatic carbocycles. The third-order valence-corrected chi connectivity index (χ3v) is 7.16. The van der Waals surface area contributed by atoms with E-state index in [2.05, 4.69) is 43.1 Å². The van der Waals surface area contributed by atoms with Crippen LogP contribution in [0.25, 0.3) is 30.5 Å². The van der Waals surface area contributed by atoms with E-state index in [1.807, 2.05) is 31.2 Å². The van der Waals surface area contributed by atoms with Crippen LogP contribution in [0.1, 0.15) is 88.0 Å². The van der Waals surface area contributed by atoms with Crippen molar-refractivity contribution in [2.45, 2.75) is 65.7 Å². The van der Waals surface area contributed by atoms with E-state index in [0.29, 0.717) is 17.5 Å². The fourth-order valence-corrected chi connectivity index (χ4v) is 5.01. The molecule has 2 rings (SSSR count). The van der Waals surface area contributed by atoms with Gasteiger partial charge in [-0.1, -0.05) is 50.4 Å². The number of benzene rings is 1. The van der Waals surface area contributed by atoms with Gasteiger partial charge in [0.25, 0.3) is 22.8 Å². The second-order valence-electron chi connectivity index (χ2n) is 9.82. The highest BCUT2D eigenvalue weighted by atomic mass is 14.7. The molecular weight excluding hydrogens is 556 g/mol. The molecule has 0 saturated heterocycles.